The van der Waals surface area contributed by atoms with Crippen molar-refractivity contribution in [1.82, 2.24) is 9.55 Å². The lowest BCUT2D eigenvalue weighted by atomic mass is 10.1. The SMILES string of the molecule is COc1ccc(-c2nc(N)n(C)c2Cl)cc1C. The molecule has 1 heterocycles. The maximum absolute atomic E-state index is 6.16. The Kier molecular flexibility index (Phi) is 2.98. The molecule has 2 rings (SSSR count). The van der Waals surface area contributed by atoms with Crippen LogP contribution in [0.15, 0.2) is 18.2 Å². The highest BCUT2D eigenvalue weighted by Gasteiger charge is 2.13. The van der Waals surface area contributed by atoms with E-state index in [9.17, 15) is 0 Å². The highest BCUT2D eigenvalue weighted by atomic mass is 35.5. The van der Waals surface area contributed by atoms with Crippen molar-refractivity contribution in [3.05, 3.63) is 28.9 Å². The summed E-state index contributed by atoms with van der Waals surface area (Å²) in [6, 6.07) is 5.79. The van der Waals surface area contributed by atoms with Crippen molar-refractivity contribution >= 4 is 17.5 Å². The lowest BCUT2D eigenvalue weighted by molar-refractivity contribution is 0.412. The second-order valence-electron chi connectivity index (χ2n) is 3.85. The van der Waals surface area contributed by atoms with Gasteiger partial charge in [-0.1, -0.05) is 11.6 Å². The Bertz CT molecular complexity index is 563. The third kappa shape index (κ3) is 1.96. The molecule has 0 spiro atoms. The predicted octanol–water partition coefficient (Wildman–Crippen LogP) is 2.64. The number of benzene rings is 1. The minimum atomic E-state index is 0.401. The third-order valence-electron chi connectivity index (χ3n) is 2.73. The maximum Gasteiger partial charge on any atom is 0.201 e. The van der Waals surface area contributed by atoms with Crippen LogP contribution in [0.5, 0.6) is 5.75 Å². The number of hydrogen-bond donors (Lipinski definition) is 1. The molecule has 1 aromatic carbocycles. The summed E-state index contributed by atoms with van der Waals surface area (Å²) in [4.78, 5) is 4.24. The molecule has 0 radical (unpaired) electrons. The van der Waals surface area contributed by atoms with Gasteiger partial charge in [0, 0.05) is 12.6 Å². The molecule has 5 heteroatoms. The van der Waals surface area contributed by atoms with E-state index in [0.717, 1.165) is 16.9 Å². The van der Waals surface area contributed by atoms with Crippen molar-refractivity contribution in [3.8, 4) is 17.0 Å². The molecule has 0 unspecified atom stereocenters. The van der Waals surface area contributed by atoms with Crippen LogP contribution in [0.1, 0.15) is 5.56 Å². The van der Waals surface area contributed by atoms with E-state index in [0.29, 0.717) is 16.8 Å². The second-order valence-corrected chi connectivity index (χ2v) is 4.21. The van der Waals surface area contributed by atoms with Crippen molar-refractivity contribution < 1.29 is 4.74 Å². The molecule has 0 saturated carbocycles. The second kappa shape index (κ2) is 4.30. The first-order valence-corrected chi connectivity index (χ1v) is 5.55. The summed E-state index contributed by atoms with van der Waals surface area (Å²) in [5.74, 6) is 1.24. The molecular weight excluding hydrogens is 238 g/mol. The number of nitrogen functional groups attached to an aromatic ring is 1. The molecule has 0 aliphatic heterocycles. The quantitative estimate of drug-likeness (QED) is 0.893. The third-order valence-corrected chi connectivity index (χ3v) is 3.16. The van der Waals surface area contributed by atoms with Gasteiger partial charge in [-0.2, -0.15) is 0 Å². The number of nitrogens with two attached hydrogens (primary N) is 1. The molecule has 1 aromatic heterocycles. The van der Waals surface area contributed by atoms with Crippen LogP contribution in [-0.2, 0) is 7.05 Å². The highest BCUT2D eigenvalue weighted by Crippen LogP contribution is 2.31. The highest BCUT2D eigenvalue weighted by molar-refractivity contribution is 6.32. The van der Waals surface area contributed by atoms with Gasteiger partial charge in [-0.3, -0.25) is 0 Å². The van der Waals surface area contributed by atoms with Crippen molar-refractivity contribution in [2.45, 2.75) is 6.92 Å². The Morgan fingerprint density at radius 1 is 1.41 bits per heavy atom. The zero-order valence-corrected chi connectivity index (χ0v) is 10.7. The lowest BCUT2D eigenvalue weighted by Crippen LogP contribution is -1.96. The van der Waals surface area contributed by atoms with E-state index in [-0.39, 0.29) is 0 Å². The number of imidazole rings is 1. The fraction of sp³-hybridized carbons (Fsp3) is 0.250. The van der Waals surface area contributed by atoms with Gasteiger partial charge in [0.25, 0.3) is 0 Å². The van der Waals surface area contributed by atoms with E-state index in [1.54, 1.807) is 18.7 Å². The maximum atomic E-state index is 6.16. The summed E-state index contributed by atoms with van der Waals surface area (Å²) in [6.45, 7) is 1.97. The standard InChI is InChI=1S/C12H14ClN3O/c1-7-6-8(4-5-9(7)17-3)10-11(13)16(2)12(14)15-10/h4-6H,1-3H3,(H2,14,15). The number of anilines is 1. The average Bonchev–Trinajstić information content (AvgIpc) is 2.57. The largest absolute Gasteiger partial charge is 0.496 e. The number of hydrogen-bond acceptors (Lipinski definition) is 3. The van der Waals surface area contributed by atoms with Gasteiger partial charge in [-0.05, 0) is 30.7 Å². The smallest absolute Gasteiger partial charge is 0.201 e. The minimum Gasteiger partial charge on any atom is -0.496 e. The molecule has 17 heavy (non-hydrogen) atoms. The number of aryl methyl sites for hydroxylation is 1. The normalized spacial score (nSPS) is 10.6. The molecule has 0 atom stereocenters. The number of nitrogens with zero attached hydrogens (tertiary/aromatic N) is 2. The predicted molar refractivity (Wildman–Crippen MR) is 69.4 cm³/mol. The van der Waals surface area contributed by atoms with Gasteiger partial charge in [-0.25, -0.2) is 4.98 Å². The summed E-state index contributed by atoms with van der Waals surface area (Å²) >= 11 is 6.16. The molecule has 0 bridgehead atoms. The van der Waals surface area contributed by atoms with Crippen LogP contribution in [0.25, 0.3) is 11.3 Å². The van der Waals surface area contributed by atoms with Gasteiger partial charge in [0.2, 0.25) is 5.95 Å². The van der Waals surface area contributed by atoms with Crippen LogP contribution in [0.4, 0.5) is 5.95 Å². The van der Waals surface area contributed by atoms with Crippen molar-refractivity contribution in [3.63, 3.8) is 0 Å². The Hall–Kier alpha value is -1.68. The molecule has 0 saturated heterocycles. The molecule has 0 amide bonds. The van der Waals surface area contributed by atoms with Gasteiger partial charge < -0.3 is 15.0 Å². The van der Waals surface area contributed by atoms with E-state index in [1.807, 2.05) is 25.1 Å². The summed E-state index contributed by atoms with van der Waals surface area (Å²) in [5, 5.41) is 0.534. The van der Waals surface area contributed by atoms with Crippen LogP contribution < -0.4 is 10.5 Å². The van der Waals surface area contributed by atoms with E-state index >= 15 is 0 Å². The molecule has 0 aliphatic rings. The van der Waals surface area contributed by atoms with Crippen LogP contribution in [-0.4, -0.2) is 16.7 Å². The first kappa shape index (κ1) is 11.8. The molecule has 2 aromatic rings. The molecule has 2 N–H and O–H groups in total. The van der Waals surface area contributed by atoms with Crippen molar-refractivity contribution in [1.29, 1.82) is 0 Å². The summed E-state index contributed by atoms with van der Waals surface area (Å²) in [7, 11) is 3.43. The van der Waals surface area contributed by atoms with Gasteiger partial charge >= 0.3 is 0 Å². The monoisotopic (exact) mass is 251 g/mol. The van der Waals surface area contributed by atoms with Crippen LogP contribution in [0.3, 0.4) is 0 Å². The topological polar surface area (TPSA) is 53.1 Å². The minimum absolute atomic E-state index is 0.401. The van der Waals surface area contributed by atoms with Gasteiger partial charge in [0.05, 0.1) is 7.11 Å². The Morgan fingerprint density at radius 2 is 2.12 bits per heavy atom. The molecule has 0 aliphatic carbocycles. The number of aromatic nitrogens is 2. The average molecular weight is 252 g/mol. The summed E-state index contributed by atoms with van der Waals surface area (Å²) in [6.07, 6.45) is 0. The molecule has 90 valence electrons. The van der Waals surface area contributed by atoms with Crippen LogP contribution in [0, 0.1) is 6.92 Å². The first-order chi connectivity index (χ1) is 8.04. The fourth-order valence-electron chi connectivity index (χ4n) is 1.70. The van der Waals surface area contributed by atoms with E-state index in [2.05, 4.69) is 4.98 Å². The van der Waals surface area contributed by atoms with Gasteiger partial charge in [0.15, 0.2) is 0 Å². The number of rotatable bonds is 2. The summed E-state index contributed by atoms with van der Waals surface area (Å²) in [5.41, 5.74) is 8.37. The van der Waals surface area contributed by atoms with Gasteiger partial charge in [-0.15, -0.1) is 0 Å². The van der Waals surface area contributed by atoms with Crippen LogP contribution >= 0.6 is 11.6 Å². The first-order valence-electron chi connectivity index (χ1n) is 5.17. The lowest BCUT2D eigenvalue weighted by Gasteiger charge is -2.06. The van der Waals surface area contributed by atoms with E-state index in [4.69, 9.17) is 22.1 Å². The van der Waals surface area contributed by atoms with Gasteiger partial charge in [0.1, 0.15) is 16.6 Å². The van der Waals surface area contributed by atoms with Crippen molar-refractivity contribution in [2.24, 2.45) is 7.05 Å². The van der Waals surface area contributed by atoms with E-state index in [1.165, 1.54) is 0 Å². The van der Waals surface area contributed by atoms with Crippen molar-refractivity contribution in [2.75, 3.05) is 12.8 Å². The Balaban J connectivity index is 2.53. The fourth-order valence-corrected chi connectivity index (χ4v) is 1.94. The zero-order chi connectivity index (χ0) is 12.6. The van der Waals surface area contributed by atoms with Crippen LogP contribution in [0.2, 0.25) is 5.15 Å². The molecule has 4 nitrogen and oxygen atoms in total. The number of halogens is 1. The molecular formula is C12H14ClN3O. The Labute approximate surface area is 105 Å². The van der Waals surface area contributed by atoms with E-state index < -0.39 is 0 Å². The molecule has 0 fully saturated rings. The Morgan fingerprint density at radius 3 is 2.59 bits per heavy atom. The zero-order valence-electron chi connectivity index (χ0n) is 9.99. The number of ether oxygens (including phenoxy) is 1. The number of methoxy groups -OCH3 is 1. The summed E-state index contributed by atoms with van der Waals surface area (Å²) < 4.78 is 6.86.